The highest BCUT2D eigenvalue weighted by molar-refractivity contribution is 5.96. The van der Waals surface area contributed by atoms with Gasteiger partial charge in [-0.05, 0) is 47.2 Å². The van der Waals surface area contributed by atoms with Crippen LogP contribution in [0.25, 0.3) is 0 Å². The van der Waals surface area contributed by atoms with Crippen LogP contribution in [0, 0.1) is 0 Å². The summed E-state index contributed by atoms with van der Waals surface area (Å²) >= 11 is 0. The summed E-state index contributed by atoms with van der Waals surface area (Å²) in [4.78, 5) is 15.4. The van der Waals surface area contributed by atoms with E-state index in [1.807, 2.05) is 0 Å². The van der Waals surface area contributed by atoms with Crippen molar-refractivity contribution in [2.24, 2.45) is 0 Å². The first-order valence-corrected chi connectivity index (χ1v) is 11.2. The van der Waals surface area contributed by atoms with Crippen molar-refractivity contribution in [2.45, 2.75) is 24.7 Å². The Morgan fingerprint density at radius 2 is 1.39 bits per heavy atom. The molecule has 31 heavy (non-hydrogen) atoms. The molecule has 0 saturated carbocycles. The molecule has 0 spiro atoms. The third-order valence-electron chi connectivity index (χ3n) is 6.67. The van der Waals surface area contributed by atoms with Gasteiger partial charge in [-0.15, -0.1) is 0 Å². The molecule has 2 N–H and O–H groups in total. The van der Waals surface area contributed by atoms with E-state index in [2.05, 4.69) is 83.0 Å². The van der Waals surface area contributed by atoms with Gasteiger partial charge in [-0.2, -0.15) is 0 Å². The Kier molecular flexibility index (Phi) is 5.47. The van der Waals surface area contributed by atoms with E-state index in [1.165, 1.54) is 27.9 Å². The van der Waals surface area contributed by atoms with Crippen molar-refractivity contribution < 1.29 is 9.90 Å². The number of anilines is 1. The second-order valence-corrected chi connectivity index (χ2v) is 8.47. The maximum atomic E-state index is 12.9. The largest absolute Gasteiger partial charge is 0.395 e. The first-order chi connectivity index (χ1) is 15.3. The van der Waals surface area contributed by atoms with Crippen molar-refractivity contribution in [1.82, 2.24) is 5.32 Å². The lowest BCUT2D eigenvalue weighted by molar-refractivity contribution is 0.0944. The summed E-state index contributed by atoms with van der Waals surface area (Å²) in [5.74, 6) is 0.451. The van der Waals surface area contributed by atoms with Gasteiger partial charge in [-0.3, -0.25) is 4.79 Å². The second-order valence-electron chi connectivity index (χ2n) is 8.47. The molecule has 2 unspecified atom stereocenters. The van der Waals surface area contributed by atoms with E-state index in [4.69, 9.17) is 5.11 Å². The smallest absolute Gasteiger partial charge is 0.251 e. The van der Waals surface area contributed by atoms with Crippen molar-refractivity contribution in [3.05, 3.63) is 101 Å². The molecule has 3 aromatic carbocycles. The standard InChI is InChI=1S/C27H28N2O2/c30-16-13-28-27(31)21-17-24-22(19-7-3-1-4-8-19)11-14-29-15-12-23(25(18-21)26(24)29)20-9-5-2-6-10-20/h1-10,17-18,22-23,30H,11-16H2,(H,28,31). The maximum absolute atomic E-state index is 12.9. The fourth-order valence-electron chi connectivity index (χ4n) is 5.26. The summed E-state index contributed by atoms with van der Waals surface area (Å²) in [6.07, 6.45) is 2.10. The molecule has 4 nitrogen and oxygen atoms in total. The molecule has 5 rings (SSSR count). The van der Waals surface area contributed by atoms with Gasteiger partial charge in [-0.1, -0.05) is 60.7 Å². The molecule has 158 valence electrons. The van der Waals surface area contributed by atoms with E-state index < -0.39 is 0 Å². The summed E-state index contributed by atoms with van der Waals surface area (Å²) in [5.41, 5.74) is 7.12. The highest BCUT2D eigenvalue weighted by atomic mass is 16.3. The number of aliphatic hydroxyl groups excluding tert-OH is 1. The summed E-state index contributed by atoms with van der Waals surface area (Å²) < 4.78 is 0. The van der Waals surface area contributed by atoms with Crippen LogP contribution >= 0.6 is 0 Å². The van der Waals surface area contributed by atoms with Gasteiger partial charge in [0.05, 0.1) is 6.61 Å². The van der Waals surface area contributed by atoms with Crippen molar-refractivity contribution in [2.75, 3.05) is 31.1 Å². The summed E-state index contributed by atoms with van der Waals surface area (Å²) in [6.45, 7) is 2.28. The van der Waals surface area contributed by atoms with Gasteiger partial charge >= 0.3 is 0 Å². The molecule has 2 heterocycles. The summed E-state index contributed by atoms with van der Waals surface area (Å²) in [6, 6.07) is 25.5. The zero-order valence-electron chi connectivity index (χ0n) is 17.6. The molecule has 2 aliphatic heterocycles. The highest BCUT2D eigenvalue weighted by Gasteiger charge is 2.35. The topological polar surface area (TPSA) is 52.6 Å². The van der Waals surface area contributed by atoms with E-state index in [0.717, 1.165) is 25.9 Å². The molecule has 2 aliphatic rings. The van der Waals surface area contributed by atoms with Gasteiger partial charge in [0.2, 0.25) is 0 Å². The van der Waals surface area contributed by atoms with Crippen LogP contribution in [0.3, 0.4) is 0 Å². The normalized spacial score (nSPS) is 19.6. The van der Waals surface area contributed by atoms with Crippen LogP contribution in [0.15, 0.2) is 72.8 Å². The number of benzene rings is 3. The third-order valence-corrected chi connectivity index (χ3v) is 6.67. The Hall–Kier alpha value is -3.11. The fraction of sp³-hybridized carbons (Fsp3) is 0.296. The lowest BCUT2D eigenvalue weighted by atomic mass is 9.76. The van der Waals surface area contributed by atoms with E-state index in [9.17, 15) is 4.79 Å². The first-order valence-electron chi connectivity index (χ1n) is 11.2. The number of rotatable bonds is 5. The number of carbonyl (C=O) groups is 1. The van der Waals surface area contributed by atoms with E-state index in [0.29, 0.717) is 5.56 Å². The lowest BCUT2D eigenvalue weighted by Crippen LogP contribution is -2.38. The van der Waals surface area contributed by atoms with Crippen molar-refractivity contribution in [1.29, 1.82) is 0 Å². The molecule has 3 aromatic rings. The van der Waals surface area contributed by atoms with Crippen LogP contribution in [-0.4, -0.2) is 37.3 Å². The van der Waals surface area contributed by atoms with Gasteiger partial charge in [0.15, 0.2) is 0 Å². The lowest BCUT2D eigenvalue weighted by Gasteiger charge is -2.43. The SMILES string of the molecule is O=C(NCCO)c1cc2c3c(c1)C(c1ccccc1)CCN3CCC2c1ccccc1. The Balaban J connectivity index is 1.67. The third kappa shape index (κ3) is 3.72. The zero-order valence-corrected chi connectivity index (χ0v) is 17.6. The molecule has 0 aliphatic carbocycles. The van der Waals surface area contributed by atoms with Gasteiger partial charge in [-0.25, -0.2) is 0 Å². The molecule has 0 radical (unpaired) electrons. The quantitative estimate of drug-likeness (QED) is 0.657. The molecular formula is C27H28N2O2. The van der Waals surface area contributed by atoms with Crippen LogP contribution in [-0.2, 0) is 0 Å². The molecule has 1 amide bonds. The molecule has 0 bridgehead atoms. The van der Waals surface area contributed by atoms with Crippen molar-refractivity contribution in [3.63, 3.8) is 0 Å². The van der Waals surface area contributed by atoms with Crippen LogP contribution in [0.1, 0.15) is 57.3 Å². The zero-order chi connectivity index (χ0) is 21.2. The summed E-state index contributed by atoms with van der Waals surface area (Å²) in [5, 5.41) is 12.0. The molecule has 0 aromatic heterocycles. The predicted molar refractivity (Wildman–Crippen MR) is 124 cm³/mol. The van der Waals surface area contributed by atoms with E-state index in [1.54, 1.807) is 0 Å². The van der Waals surface area contributed by atoms with Crippen LogP contribution < -0.4 is 10.2 Å². The molecule has 0 saturated heterocycles. The van der Waals surface area contributed by atoms with Crippen LogP contribution in [0.2, 0.25) is 0 Å². The number of hydrogen-bond acceptors (Lipinski definition) is 3. The average molecular weight is 413 g/mol. The molecular weight excluding hydrogens is 384 g/mol. The van der Waals surface area contributed by atoms with Gasteiger partial charge in [0, 0.05) is 42.7 Å². The van der Waals surface area contributed by atoms with E-state index >= 15 is 0 Å². The number of amides is 1. The fourth-order valence-corrected chi connectivity index (χ4v) is 5.26. The number of hydrogen-bond donors (Lipinski definition) is 2. The van der Waals surface area contributed by atoms with Crippen molar-refractivity contribution in [3.8, 4) is 0 Å². The average Bonchev–Trinajstić information content (AvgIpc) is 2.84. The highest BCUT2D eigenvalue weighted by Crippen LogP contribution is 2.48. The van der Waals surface area contributed by atoms with Crippen LogP contribution in [0.5, 0.6) is 0 Å². The first kappa shape index (κ1) is 19.8. The minimum absolute atomic E-state index is 0.0589. The predicted octanol–water partition coefficient (Wildman–Crippen LogP) is 4.29. The van der Waals surface area contributed by atoms with Gasteiger partial charge in [0.1, 0.15) is 0 Å². The summed E-state index contributed by atoms with van der Waals surface area (Å²) in [7, 11) is 0. The minimum atomic E-state index is -0.116. The molecule has 0 fully saturated rings. The van der Waals surface area contributed by atoms with Gasteiger partial charge in [0.25, 0.3) is 5.91 Å². The number of nitrogens with zero attached hydrogens (tertiary/aromatic N) is 1. The Labute approximate surface area is 183 Å². The number of aliphatic hydroxyl groups is 1. The van der Waals surface area contributed by atoms with Crippen LogP contribution in [0.4, 0.5) is 5.69 Å². The monoisotopic (exact) mass is 412 g/mol. The minimum Gasteiger partial charge on any atom is -0.395 e. The molecule has 4 heteroatoms. The molecule has 2 atom stereocenters. The Morgan fingerprint density at radius 3 is 1.87 bits per heavy atom. The Bertz CT molecular complexity index is 993. The van der Waals surface area contributed by atoms with E-state index in [-0.39, 0.29) is 30.9 Å². The number of nitrogens with one attached hydrogen (secondary N) is 1. The second kappa shape index (κ2) is 8.56. The van der Waals surface area contributed by atoms with Gasteiger partial charge < -0.3 is 15.3 Å². The number of carbonyl (C=O) groups excluding carboxylic acids is 1. The Morgan fingerprint density at radius 1 is 0.871 bits per heavy atom. The van der Waals surface area contributed by atoms with Crippen molar-refractivity contribution >= 4 is 11.6 Å². The maximum Gasteiger partial charge on any atom is 0.251 e.